The first-order valence-corrected chi connectivity index (χ1v) is 13.5. The average Bonchev–Trinajstić information content (AvgIpc) is 2.75. The fraction of sp³-hybridized carbons (Fsp3) is 0.286. The maximum absolute atomic E-state index is 2.87. The van der Waals surface area contributed by atoms with Crippen LogP contribution in [0, 0.1) is 5.41 Å². The molecule has 3 aromatic rings. The van der Waals surface area contributed by atoms with Crippen molar-refractivity contribution in [2.45, 2.75) is 40.0 Å². The van der Waals surface area contributed by atoms with Gasteiger partial charge in [-0.3, -0.25) is 0 Å². The van der Waals surface area contributed by atoms with Crippen LogP contribution in [-0.4, -0.2) is 6.66 Å². The van der Waals surface area contributed by atoms with Gasteiger partial charge in [-0.05, 0) is 0 Å². The molecule has 1 aliphatic carbocycles. The second-order valence-corrected chi connectivity index (χ2v) is 14.6. The van der Waals surface area contributed by atoms with Gasteiger partial charge in [0.1, 0.15) is 0 Å². The summed E-state index contributed by atoms with van der Waals surface area (Å²) in [6, 6.07) is 34.0. The standard InChI is InChI=1S/C28H33P.BrH/c1-23-15-14-22-28(2,3)27(23)29(4,24-16-8-5-9-17-24,25-18-10-6-11-19-25)26-20-12-7-13-21-26;/h5-13,16-21H,14-15,22H2,1-4H3;1H. The van der Waals surface area contributed by atoms with Gasteiger partial charge in [0.05, 0.1) is 0 Å². The first-order valence-electron chi connectivity index (χ1n) is 10.8. The molecular weight excluding hydrogens is 447 g/mol. The number of allylic oxidation sites excluding steroid dienone is 2. The van der Waals surface area contributed by atoms with Crippen molar-refractivity contribution >= 4 is 39.5 Å². The number of halogens is 1. The van der Waals surface area contributed by atoms with E-state index in [0.29, 0.717) is 0 Å². The van der Waals surface area contributed by atoms with Gasteiger partial charge < -0.3 is 0 Å². The van der Waals surface area contributed by atoms with Gasteiger partial charge in [0.25, 0.3) is 0 Å². The summed E-state index contributed by atoms with van der Waals surface area (Å²) in [4.78, 5) is 0. The van der Waals surface area contributed by atoms with E-state index in [-0.39, 0.29) is 22.4 Å². The van der Waals surface area contributed by atoms with Crippen LogP contribution in [0.5, 0.6) is 0 Å². The number of hydrogen-bond acceptors (Lipinski definition) is 0. The molecule has 0 nitrogen and oxygen atoms in total. The van der Waals surface area contributed by atoms with Crippen LogP contribution >= 0.6 is 23.6 Å². The molecule has 0 N–H and O–H groups in total. The summed E-state index contributed by atoms with van der Waals surface area (Å²) in [6.45, 7) is 7.09. The second kappa shape index (κ2) is 8.45. The maximum atomic E-state index is 2.61. The van der Waals surface area contributed by atoms with E-state index in [0.717, 1.165) is 0 Å². The third kappa shape index (κ3) is 3.31. The van der Waals surface area contributed by atoms with Gasteiger partial charge in [0.2, 0.25) is 0 Å². The van der Waals surface area contributed by atoms with Crippen LogP contribution < -0.4 is 15.9 Å². The van der Waals surface area contributed by atoms with Gasteiger partial charge in [0.15, 0.2) is 0 Å². The quantitative estimate of drug-likeness (QED) is 0.346. The number of benzene rings is 3. The fourth-order valence-corrected chi connectivity index (χ4v) is 13.2. The van der Waals surface area contributed by atoms with E-state index in [1.54, 1.807) is 10.9 Å². The van der Waals surface area contributed by atoms with Crippen LogP contribution in [0.25, 0.3) is 0 Å². The SMILES string of the molecule is Br.CC1=C(P(C)(c2ccccc2)(c2ccccc2)c2ccccc2)C(C)(C)CCC1. The van der Waals surface area contributed by atoms with Crippen molar-refractivity contribution in [2.75, 3.05) is 6.66 Å². The Morgan fingerprint density at radius 2 is 1.03 bits per heavy atom. The molecule has 0 unspecified atom stereocenters. The van der Waals surface area contributed by atoms with Crippen molar-refractivity contribution in [1.82, 2.24) is 0 Å². The summed E-state index contributed by atoms with van der Waals surface area (Å²) in [5.41, 5.74) is 1.76. The van der Waals surface area contributed by atoms with Crippen molar-refractivity contribution in [3.05, 3.63) is 102 Å². The summed E-state index contributed by atoms with van der Waals surface area (Å²) in [5, 5.41) is 6.11. The molecule has 0 spiro atoms. The molecule has 0 aromatic heterocycles. The Labute approximate surface area is 193 Å². The third-order valence-electron chi connectivity index (χ3n) is 7.16. The van der Waals surface area contributed by atoms with Crippen LogP contribution in [0.1, 0.15) is 40.0 Å². The average molecular weight is 481 g/mol. The van der Waals surface area contributed by atoms with Crippen LogP contribution in [-0.2, 0) is 0 Å². The van der Waals surface area contributed by atoms with Gasteiger partial charge in [0, 0.05) is 0 Å². The van der Waals surface area contributed by atoms with E-state index in [1.165, 1.54) is 35.2 Å². The first-order chi connectivity index (χ1) is 13.9. The Morgan fingerprint density at radius 1 is 0.667 bits per heavy atom. The van der Waals surface area contributed by atoms with Crippen LogP contribution in [0.3, 0.4) is 0 Å². The summed E-state index contributed by atoms with van der Waals surface area (Å²) in [5.74, 6) is 0. The fourth-order valence-electron chi connectivity index (χ4n) is 6.08. The minimum absolute atomic E-state index is 0. The van der Waals surface area contributed by atoms with Crippen molar-refractivity contribution in [3.8, 4) is 0 Å². The molecule has 0 bridgehead atoms. The molecule has 3 aromatic carbocycles. The zero-order chi connectivity index (χ0) is 20.6. The van der Waals surface area contributed by atoms with Gasteiger partial charge in [-0.25, -0.2) is 0 Å². The van der Waals surface area contributed by atoms with E-state index >= 15 is 0 Å². The van der Waals surface area contributed by atoms with E-state index in [1.807, 2.05) is 0 Å². The Kier molecular flexibility index (Phi) is 6.47. The van der Waals surface area contributed by atoms with Crippen LogP contribution in [0.4, 0.5) is 0 Å². The Bertz CT molecular complexity index is 921. The molecule has 0 saturated heterocycles. The third-order valence-corrected chi connectivity index (χ3v) is 14.0. The summed E-state index contributed by atoms with van der Waals surface area (Å²) < 4.78 is 0. The molecule has 4 rings (SSSR count). The predicted octanol–water partition coefficient (Wildman–Crippen LogP) is 7.21. The van der Waals surface area contributed by atoms with Gasteiger partial charge in [-0.2, -0.15) is 0 Å². The number of rotatable bonds is 4. The monoisotopic (exact) mass is 480 g/mol. The topological polar surface area (TPSA) is 0 Å². The zero-order valence-electron chi connectivity index (χ0n) is 18.6. The molecular formula is C28H34BrP. The normalized spacial score (nSPS) is 17.5. The van der Waals surface area contributed by atoms with Crippen LogP contribution in [0.2, 0.25) is 0 Å². The molecule has 2 heteroatoms. The van der Waals surface area contributed by atoms with E-state index in [2.05, 4.69) is 118 Å². The summed E-state index contributed by atoms with van der Waals surface area (Å²) in [7, 11) is 0. The first kappa shape index (κ1) is 23.0. The van der Waals surface area contributed by atoms with E-state index in [4.69, 9.17) is 0 Å². The zero-order valence-corrected chi connectivity index (χ0v) is 21.2. The second-order valence-electron chi connectivity index (χ2n) is 9.44. The van der Waals surface area contributed by atoms with Crippen molar-refractivity contribution in [2.24, 2.45) is 5.41 Å². The van der Waals surface area contributed by atoms with Gasteiger partial charge >= 0.3 is 177 Å². The van der Waals surface area contributed by atoms with E-state index in [9.17, 15) is 0 Å². The predicted molar refractivity (Wildman–Crippen MR) is 142 cm³/mol. The van der Waals surface area contributed by atoms with Crippen molar-refractivity contribution < 1.29 is 0 Å². The van der Waals surface area contributed by atoms with Crippen molar-refractivity contribution in [3.63, 3.8) is 0 Å². The molecule has 30 heavy (non-hydrogen) atoms. The molecule has 0 aliphatic heterocycles. The molecule has 0 saturated carbocycles. The minimum atomic E-state index is -2.87. The molecule has 0 radical (unpaired) electrons. The Morgan fingerprint density at radius 3 is 1.37 bits per heavy atom. The summed E-state index contributed by atoms with van der Waals surface area (Å²) in [6.07, 6.45) is 3.74. The van der Waals surface area contributed by atoms with Gasteiger partial charge in [-0.15, -0.1) is 17.0 Å². The summed E-state index contributed by atoms with van der Waals surface area (Å²) >= 11 is 0. The number of hydrogen-bond donors (Lipinski definition) is 0. The Balaban J connectivity index is 0.00000256. The molecule has 0 amide bonds. The molecule has 0 heterocycles. The molecule has 0 atom stereocenters. The Hall–Kier alpha value is -1.69. The van der Waals surface area contributed by atoms with E-state index < -0.39 is 6.60 Å². The van der Waals surface area contributed by atoms with Crippen molar-refractivity contribution in [1.29, 1.82) is 0 Å². The van der Waals surface area contributed by atoms with Gasteiger partial charge in [-0.1, -0.05) is 0 Å². The van der Waals surface area contributed by atoms with Crippen LogP contribution in [0.15, 0.2) is 102 Å². The molecule has 1 aliphatic rings. The molecule has 0 fully saturated rings. The molecule has 158 valence electrons.